The summed E-state index contributed by atoms with van der Waals surface area (Å²) in [4.78, 5) is 26.9. The number of amides is 3. The smallest absolute Gasteiger partial charge is 0.317 e. The Hall–Kier alpha value is -2.81. The zero-order valence-electron chi connectivity index (χ0n) is 17.5. The Morgan fingerprint density at radius 2 is 2.13 bits per heavy atom. The molecule has 1 saturated carbocycles. The van der Waals surface area contributed by atoms with Gasteiger partial charge < -0.3 is 21.3 Å². The first-order valence-electron chi connectivity index (χ1n) is 10.3. The van der Waals surface area contributed by atoms with Gasteiger partial charge in [0.25, 0.3) is 5.91 Å². The van der Waals surface area contributed by atoms with Crippen molar-refractivity contribution in [1.82, 2.24) is 20.0 Å². The molecule has 1 spiro atoms. The highest BCUT2D eigenvalue weighted by Gasteiger charge is 2.47. The van der Waals surface area contributed by atoms with Crippen molar-refractivity contribution in [2.45, 2.75) is 31.6 Å². The van der Waals surface area contributed by atoms with Gasteiger partial charge in [0.15, 0.2) is 0 Å². The Morgan fingerprint density at radius 1 is 1.35 bits per heavy atom. The van der Waals surface area contributed by atoms with Gasteiger partial charge in [-0.05, 0) is 49.3 Å². The van der Waals surface area contributed by atoms with E-state index >= 15 is 0 Å². The summed E-state index contributed by atoms with van der Waals surface area (Å²) >= 11 is 5.83. The van der Waals surface area contributed by atoms with Crippen LogP contribution in [-0.4, -0.2) is 46.8 Å². The van der Waals surface area contributed by atoms with Crippen LogP contribution in [0.4, 0.5) is 20.7 Å². The summed E-state index contributed by atoms with van der Waals surface area (Å²) in [5.41, 5.74) is 7.63. The maximum absolute atomic E-state index is 13.4. The number of carbonyl (C=O) groups is 2. The fraction of sp³-hybridized carbons (Fsp3) is 0.476. The highest BCUT2D eigenvalue weighted by atomic mass is 35.5. The summed E-state index contributed by atoms with van der Waals surface area (Å²) in [6.45, 7) is 1.44. The number of benzene rings is 1. The van der Waals surface area contributed by atoms with Gasteiger partial charge in [-0.1, -0.05) is 11.6 Å². The molecular formula is C21H26ClFN6O2. The van der Waals surface area contributed by atoms with Crippen LogP contribution in [0.3, 0.4) is 0 Å². The lowest BCUT2D eigenvalue weighted by Crippen LogP contribution is -2.37. The minimum Gasteiger partial charge on any atom is -0.383 e. The number of likely N-dealkylation sites (tertiary alicyclic amines) is 1. The highest BCUT2D eigenvalue weighted by molar-refractivity contribution is 6.31. The molecule has 2 fully saturated rings. The molecule has 1 aromatic heterocycles. The summed E-state index contributed by atoms with van der Waals surface area (Å²) in [7, 11) is 3.35. The molecule has 0 radical (unpaired) electrons. The number of carbonyl (C=O) groups excluding carboxylic acids is 2. The first-order chi connectivity index (χ1) is 14.7. The summed E-state index contributed by atoms with van der Waals surface area (Å²) in [5, 5.41) is 9.93. The minimum absolute atomic E-state index is 0.0433. The molecule has 8 nitrogen and oxygen atoms in total. The number of nitrogen functional groups attached to an aromatic ring is 1. The normalized spacial score (nSPS) is 22.8. The van der Waals surface area contributed by atoms with E-state index in [9.17, 15) is 14.0 Å². The van der Waals surface area contributed by atoms with E-state index in [2.05, 4.69) is 15.7 Å². The predicted molar refractivity (Wildman–Crippen MR) is 117 cm³/mol. The van der Waals surface area contributed by atoms with E-state index in [1.165, 1.54) is 22.9 Å². The number of hydrogen-bond donors (Lipinski definition) is 3. The molecule has 2 aromatic rings. The molecule has 0 bridgehead atoms. The largest absolute Gasteiger partial charge is 0.383 e. The third-order valence-corrected chi connectivity index (χ3v) is 6.84. The van der Waals surface area contributed by atoms with Crippen molar-refractivity contribution in [3.05, 3.63) is 40.3 Å². The van der Waals surface area contributed by atoms with Crippen molar-refractivity contribution in [1.29, 1.82) is 0 Å². The van der Waals surface area contributed by atoms with Crippen molar-refractivity contribution in [2.75, 3.05) is 31.2 Å². The third-order valence-electron chi connectivity index (χ3n) is 6.55. The summed E-state index contributed by atoms with van der Waals surface area (Å²) in [6, 6.07) is 3.95. The summed E-state index contributed by atoms with van der Waals surface area (Å²) < 4.78 is 14.9. The lowest BCUT2D eigenvalue weighted by molar-refractivity contribution is 0.102. The fourth-order valence-corrected chi connectivity index (χ4v) is 5.10. The van der Waals surface area contributed by atoms with Crippen LogP contribution in [0.5, 0.6) is 0 Å². The van der Waals surface area contributed by atoms with Gasteiger partial charge in [-0.2, -0.15) is 5.10 Å². The minimum atomic E-state index is -0.556. The predicted octanol–water partition coefficient (Wildman–Crippen LogP) is 3.35. The highest BCUT2D eigenvalue weighted by Crippen LogP contribution is 2.52. The lowest BCUT2D eigenvalue weighted by atomic mass is 9.84. The molecule has 1 saturated heterocycles. The zero-order valence-corrected chi connectivity index (χ0v) is 18.3. The number of nitrogens with two attached hydrogens (primary N) is 1. The van der Waals surface area contributed by atoms with E-state index in [-0.39, 0.29) is 28.2 Å². The number of halogens is 2. The Balaban J connectivity index is 1.55. The average Bonchev–Trinajstić information content (AvgIpc) is 3.43. The van der Waals surface area contributed by atoms with E-state index in [1.54, 1.807) is 14.1 Å². The van der Waals surface area contributed by atoms with Gasteiger partial charge in [-0.3, -0.25) is 9.48 Å². The number of aryl methyl sites for hydroxylation is 1. The molecule has 166 valence electrons. The van der Waals surface area contributed by atoms with Crippen LogP contribution < -0.4 is 16.4 Å². The monoisotopic (exact) mass is 448 g/mol. The van der Waals surface area contributed by atoms with Crippen LogP contribution in [0.25, 0.3) is 0 Å². The second kappa shape index (κ2) is 8.03. The van der Waals surface area contributed by atoms with E-state index < -0.39 is 11.7 Å². The second-order valence-corrected chi connectivity index (χ2v) is 8.93. The molecule has 2 heterocycles. The number of nitrogens with zero attached hydrogens (tertiary/aromatic N) is 3. The Bertz CT molecular complexity index is 1040. The van der Waals surface area contributed by atoms with Gasteiger partial charge in [0, 0.05) is 38.8 Å². The van der Waals surface area contributed by atoms with Crippen LogP contribution in [0.15, 0.2) is 18.2 Å². The molecule has 2 atom stereocenters. The molecule has 1 aliphatic carbocycles. The van der Waals surface area contributed by atoms with E-state index in [1.807, 2.05) is 4.90 Å². The Morgan fingerprint density at radius 3 is 2.84 bits per heavy atom. The van der Waals surface area contributed by atoms with Crippen molar-refractivity contribution >= 4 is 35.0 Å². The number of aromatic nitrogens is 2. The van der Waals surface area contributed by atoms with Gasteiger partial charge in [-0.25, -0.2) is 9.18 Å². The number of nitrogens with one attached hydrogen (secondary N) is 2. The third kappa shape index (κ3) is 3.94. The van der Waals surface area contributed by atoms with Crippen molar-refractivity contribution in [3.63, 3.8) is 0 Å². The van der Waals surface area contributed by atoms with Crippen molar-refractivity contribution < 1.29 is 14.0 Å². The molecule has 1 aliphatic heterocycles. The molecule has 4 rings (SSSR count). The molecule has 10 heteroatoms. The fourth-order valence-electron chi connectivity index (χ4n) is 4.92. The van der Waals surface area contributed by atoms with Gasteiger partial charge in [0.2, 0.25) is 0 Å². The number of hydrogen-bond acceptors (Lipinski definition) is 4. The average molecular weight is 449 g/mol. The van der Waals surface area contributed by atoms with Gasteiger partial charge in [0.05, 0.1) is 10.7 Å². The molecular weight excluding hydrogens is 423 g/mol. The van der Waals surface area contributed by atoms with Crippen molar-refractivity contribution in [2.24, 2.45) is 12.5 Å². The Kier molecular flexibility index (Phi) is 5.55. The van der Waals surface area contributed by atoms with Crippen LogP contribution in [0, 0.1) is 11.2 Å². The van der Waals surface area contributed by atoms with Crippen LogP contribution in [-0.2, 0) is 7.05 Å². The maximum Gasteiger partial charge on any atom is 0.317 e. The van der Waals surface area contributed by atoms with Gasteiger partial charge in [-0.15, -0.1) is 0 Å². The summed E-state index contributed by atoms with van der Waals surface area (Å²) in [6.07, 6.45) is 3.63. The zero-order chi connectivity index (χ0) is 22.3. The molecule has 0 unspecified atom stereocenters. The first-order valence-corrected chi connectivity index (χ1v) is 10.7. The number of anilines is 2. The Labute approximate surface area is 184 Å². The van der Waals surface area contributed by atoms with Crippen LogP contribution >= 0.6 is 11.6 Å². The standard InChI is InChI=1S/C21H26ClFN6O2/c1-25-20(31)29-8-7-21(11-29)6-5-12(10-21)17-16(18(24)28(2)27-17)19(30)26-13-3-4-15(23)14(22)9-13/h3-4,9,12H,5-8,10-11,24H2,1-2H3,(H,25,31)(H,26,30)/t12-,21+/m0/s1. The topological polar surface area (TPSA) is 105 Å². The van der Waals surface area contributed by atoms with Gasteiger partial charge >= 0.3 is 6.03 Å². The second-order valence-electron chi connectivity index (χ2n) is 8.52. The molecule has 31 heavy (non-hydrogen) atoms. The van der Waals surface area contributed by atoms with Crippen LogP contribution in [0.1, 0.15) is 47.7 Å². The number of urea groups is 1. The summed E-state index contributed by atoms with van der Waals surface area (Å²) in [5.74, 6) is -0.603. The lowest BCUT2D eigenvalue weighted by Gasteiger charge is -2.24. The maximum atomic E-state index is 13.4. The molecule has 4 N–H and O–H groups in total. The molecule has 2 aliphatic rings. The SMILES string of the molecule is CNC(=O)N1CC[C@@]2(CC[C@H](c3nn(C)c(N)c3C(=O)Nc3ccc(F)c(Cl)c3)C2)C1. The molecule has 1 aromatic carbocycles. The van der Waals surface area contributed by atoms with E-state index in [0.717, 1.165) is 32.2 Å². The van der Waals surface area contributed by atoms with Crippen molar-refractivity contribution in [3.8, 4) is 0 Å². The quantitative estimate of drug-likeness (QED) is 0.669. The van der Waals surface area contributed by atoms with Crippen LogP contribution in [0.2, 0.25) is 5.02 Å². The van der Waals surface area contributed by atoms with E-state index in [4.69, 9.17) is 17.3 Å². The molecule has 3 amide bonds. The first kappa shape index (κ1) is 21.4. The van der Waals surface area contributed by atoms with Gasteiger partial charge in [0.1, 0.15) is 17.2 Å². The van der Waals surface area contributed by atoms with E-state index in [0.29, 0.717) is 23.5 Å². The number of rotatable bonds is 3.